The Labute approximate surface area is 239 Å². The van der Waals surface area contributed by atoms with Gasteiger partial charge in [0.1, 0.15) is 18.5 Å². The van der Waals surface area contributed by atoms with Crippen molar-refractivity contribution in [3.8, 4) is 5.06 Å². The minimum atomic E-state index is -0.875. The Morgan fingerprint density at radius 3 is 1.72 bits per heavy atom. The molecule has 0 saturated heterocycles. The van der Waals surface area contributed by atoms with Gasteiger partial charge in [-0.25, -0.2) is 0 Å². The Kier molecular flexibility index (Phi) is 11.2. The number of carbonyl (C=O) groups excluding carboxylic acids is 1. The number of halogens is 3. The molecule has 0 aliphatic carbocycles. The third-order valence-corrected chi connectivity index (χ3v) is 8.30. The van der Waals surface area contributed by atoms with Gasteiger partial charge in [-0.2, -0.15) is 0 Å². The van der Waals surface area contributed by atoms with Crippen LogP contribution in [0.5, 0.6) is 5.06 Å². The summed E-state index contributed by atoms with van der Waals surface area (Å²) in [5.41, 5.74) is 0. The van der Waals surface area contributed by atoms with Gasteiger partial charge in [0.25, 0.3) is 0 Å². The molecule has 0 amide bonds. The molecule has 0 aromatic carbocycles. The number of ether oxygens (including phenoxy) is 1. The van der Waals surface area contributed by atoms with Crippen molar-refractivity contribution in [2.75, 3.05) is 7.11 Å². The number of thiophene rings is 2. The molecule has 0 aliphatic rings. The molecule has 0 aliphatic heterocycles. The normalized spacial score (nSPS) is 12.1. The smallest absolute Gasteiger partial charge is 0.173 e. The van der Waals surface area contributed by atoms with Gasteiger partial charge in [0.2, 0.25) is 0 Å². The Balaban J connectivity index is 0.000000196. The largest absolute Gasteiger partial charge is 0.487 e. The van der Waals surface area contributed by atoms with Crippen molar-refractivity contribution in [1.82, 2.24) is 0 Å². The average molecular weight is 723 g/mol. The molecular formula is C24H19Br3O7S2. The Morgan fingerprint density at radius 1 is 0.833 bits per heavy atom. The maximum atomic E-state index is 10.3. The van der Waals surface area contributed by atoms with E-state index in [0.29, 0.717) is 35.1 Å². The monoisotopic (exact) mass is 720 g/mol. The molecular weight excluding hydrogens is 704 g/mol. The Hall–Kier alpha value is -1.93. The molecule has 12 heteroatoms. The van der Waals surface area contributed by atoms with E-state index in [2.05, 4.69) is 52.2 Å². The lowest BCUT2D eigenvalue weighted by molar-refractivity contribution is 0.112. The first kappa shape index (κ1) is 28.6. The van der Waals surface area contributed by atoms with Gasteiger partial charge in [-0.3, -0.25) is 4.79 Å². The quantitative estimate of drug-likeness (QED) is 0.170. The molecule has 5 rings (SSSR count). The van der Waals surface area contributed by atoms with Crippen LogP contribution < -0.4 is 4.74 Å². The van der Waals surface area contributed by atoms with Crippen LogP contribution in [-0.2, 0) is 0 Å². The minimum absolute atomic E-state index is 0.442. The van der Waals surface area contributed by atoms with E-state index < -0.39 is 12.2 Å². The SMILES string of the molecule is Brc1ccoc1.COc1ccc(C=O)s1.OC(c1ccc(C(O)c2occc2Br)s1)c1occc1Br. The molecule has 0 bridgehead atoms. The van der Waals surface area contributed by atoms with Crippen LogP contribution in [0.4, 0.5) is 0 Å². The highest BCUT2D eigenvalue weighted by atomic mass is 79.9. The number of hydrogen-bond acceptors (Lipinski definition) is 9. The van der Waals surface area contributed by atoms with Crippen LogP contribution in [0.1, 0.15) is 43.2 Å². The second-order valence-corrected chi connectivity index (χ2v) is 11.6. The topological polar surface area (TPSA) is 106 Å². The van der Waals surface area contributed by atoms with Crippen LogP contribution in [0, 0.1) is 0 Å². The van der Waals surface area contributed by atoms with E-state index in [-0.39, 0.29) is 0 Å². The summed E-state index contributed by atoms with van der Waals surface area (Å²) in [4.78, 5) is 12.2. The van der Waals surface area contributed by atoms with Crippen LogP contribution in [0.15, 0.2) is 94.2 Å². The summed E-state index contributed by atoms with van der Waals surface area (Å²) >= 11 is 12.5. The minimum Gasteiger partial charge on any atom is -0.487 e. The number of aldehydes is 1. The van der Waals surface area contributed by atoms with E-state index >= 15 is 0 Å². The van der Waals surface area contributed by atoms with Crippen molar-refractivity contribution in [3.05, 3.63) is 107 Å². The molecule has 0 spiro atoms. The van der Waals surface area contributed by atoms with Gasteiger partial charge < -0.3 is 28.2 Å². The van der Waals surface area contributed by atoms with Crippen molar-refractivity contribution in [2.45, 2.75) is 12.2 Å². The fourth-order valence-electron chi connectivity index (χ4n) is 2.68. The summed E-state index contributed by atoms with van der Waals surface area (Å²) in [5.74, 6) is 0.883. The zero-order chi connectivity index (χ0) is 26.1. The molecule has 2 atom stereocenters. The van der Waals surface area contributed by atoms with Gasteiger partial charge in [-0.15, -0.1) is 11.3 Å². The molecule has 36 heavy (non-hydrogen) atoms. The lowest BCUT2D eigenvalue weighted by Gasteiger charge is -2.07. The zero-order valence-corrected chi connectivity index (χ0v) is 24.9. The highest BCUT2D eigenvalue weighted by molar-refractivity contribution is 9.11. The Morgan fingerprint density at radius 2 is 1.42 bits per heavy atom. The van der Waals surface area contributed by atoms with Gasteiger partial charge >= 0.3 is 0 Å². The van der Waals surface area contributed by atoms with Crippen LogP contribution in [0.2, 0.25) is 0 Å². The van der Waals surface area contributed by atoms with Crippen molar-refractivity contribution in [2.24, 2.45) is 0 Å². The highest BCUT2D eigenvalue weighted by Gasteiger charge is 2.23. The van der Waals surface area contributed by atoms with Crippen molar-refractivity contribution < 1.29 is 33.0 Å². The number of rotatable bonds is 6. The maximum absolute atomic E-state index is 10.3. The first-order chi connectivity index (χ1) is 17.3. The summed E-state index contributed by atoms with van der Waals surface area (Å²) < 4.78 is 22.5. The van der Waals surface area contributed by atoms with E-state index in [9.17, 15) is 15.0 Å². The van der Waals surface area contributed by atoms with Crippen molar-refractivity contribution >= 4 is 76.7 Å². The number of hydrogen-bond donors (Lipinski definition) is 2. The molecule has 2 unspecified atom stereocenters. The van der Waals surface area contributed by atoms with Gasteiger partial charge in [0.15, 0.2) is 22.9 Å². The van der Waals surface area contributed by atoms with Crippen LogP contribution in [-0.4, -0.2) is 23.6 Å². The molecule has 190 valence electrons. The predicted molar refractivity (Wildman–Crippen MR) is 148 cm³/mol. The Bertz CT molecular complexity index is 1280. The van der Waals surface area contributed by atoms with Crippen LogP contribution >= 0.6 is 70.5 Å². The lowest BCUT2D eigenvalue weighted by Crippen LogP contribution is -1.96. The molecule has 7 nitrogen and oxygen atoms in total. The highest BCUT2D eigenvalue weighted by Crippen LogP contribution is 2.38. The summed E-state index contributed by atoms with van der Waals surface area (Å²) in [5, 5.41) is 21.4. The molecule has 0 radical (unpaired) electrons. The first-order valence-corrected chi connectivity index (χ1v) is 14.0. The predicted octanol–water partition coefficient (Wildman–Crippen LogP) is 8.23. The van der Waals surface area contributed by atoms with Crippen LogP contribution in [0.25, 0.3) is 0 Å². The van der Waals surface area contributed by atoms with E-state index in [1.165, 1.54) is 35.2 Å². The van der Waals surface area contributed by atoms with Crippen molar-refractivity contribution in [1.29, 1.82) is 0 Å². The fourth-order valence-corrected chi connectivity index (χ4v) is 5.35. The summed E-state index contributed by atoms with van der Waals surface area (Å²) in [6, 6.07) is 12.3. The molecule has 5 heterocycles. The fraction of sp³-hybridized carbons (Fsp3) is 0.125. The van der Waals surface area contributed by atoms with E-state index in [1.54, 1.807) is 56.0 Å². The molecule has 2 N–H and O–H groups in total. The molecule has 0 fully saturated rings. The van der Waals surface area contributed by atoms with E-state index in [0.717, 1.165) is 15.8 Å². The summed E-state index contributed by atoms with van der Waals surface area (Å²) in [7, 11) is 1.58. The van der Waals surface area contributed by atoms with Crippen molar-refractivity contribution in [3.63, 3.8) is 0 Å². The third kappa shape index (κ3) is 7.78. The van der Waals surface area contributed by atoms with Crippen LogP contribution in [0.3, 0.4) is 0 Å². The number of methoxy groups -OCH3 is 1. The second kappa shape index (κ2) is 14.1. The van der Waals surface area contributed by atoms with Gasteiger partial charge in [-0.1, -0.05) is 11.3 Å². The van der Waals surface area contributed by atoms with E-state index in [4.69, 9.17) is 13.6 Å². The molecule has 5 aromatic rings. The molecule has 0 saturated carbocycles. The average Bonchev–Trinajstić information content (AvgIpc) is 3.70. The maximum Gasteiger partial charge on any atom is 0.173 e. The zero-order valence-electron chi connectivity index (χ0n) is 18.5. The number of aliphatic hydroxyl groups is 2. The van der Waals surface area contributed by atoms with Gasteiger partial charge in [0.05, 0.1) is 44.2 Å². The summed E-state index contributed by atoms with van der Waals surface area (Å²) in [6.45, 7) is 0. The third-order valence-electron chi connectivity index (χ3n) is 4.38. The first-order valence-electron chi connectivity index (χ1n) is 10.0. The van der Waals surface area contributed by atoms with E-state index in [1.807, 2.05) is 6.07 Å². The number of furan rings is 3. The standard InChI is InChI=1S/C14H10Br2O4S.C6H6O2S.C4H3BrO/c15-7-3-5-19-13(7)11(17)9-1-2-10(21-9)12(18)14-8(16)4-6-20-14;1-8-6-3-2-5(4-7)9-6;5-4-1-2-6-3-4/h1-6,11-12,17-18H;2-4H,1H3;1-3H. The lowest BCUT2D eigenvalue weighted by atomic mass is 10.2. The summed E-state index contributed by atoms with van der Waals surface area (Å²) in [6.07, 6.45) is 5.32. The second-order valence-electron chi connectivity index (χ2n) is 6.73. The van der Waals surface area contributed by atoms with Gasteiger partial charge in [-0.05, 0) is 90.3 Å². The number of carbonyl (C=O) groups is 1. The van der Waals surface area contributed by atoms with Gasteiger partial charge in [0, 0.05) is 9.75 Å². The molecule has 5 aromatic heterocycles. The number of aliphatic hydroxyl groups excluding tert-OH is 2.